The molecule has 4 atom stereocenters. The number of urea groups is 1. The number of rotatable bonds is 8. The van der Waals surface area contributed by atoms with Gasteiger partial charge in [-0.2, -0.15) is 0 Å². The molecule has 0 saturated heterocycles. The van der Waals surface area contributed by atoms with Gasteiger partial charge in [0.15, 0.2) is 0 Å². The van der Waals surface area contributed by atoms with Gasteiger partial charge in [-0.05, 0) is 67.4 Å². The van der Waals surface area contributed by atoms with E-state index in [1.54, 1.807) is 0 Å². The van der Waals surface area contributed by atoms with Crippen LogP contribution in [-0.2, 0) is 11.2 Å². The van der Waals surface area contributed by atoms with E-state index in [0.717, 1.165) is 18.3 Å². The maximum atomic E-state index is 12.1. The molecule has 154 valence electrons. The minimum absolute atomic E-state index is 0.0154. The molecule has 28 heavy (non-hydrogen) atoms. The van der Waals surface area contributed by atoms with Gasteiger partial charge in [0.1, 0.15) is 0 Å². The highest BCUT2D eigenvalue weighted by molar-refractivity contribution is 5.83. The Hall–Kier alpha value is -2.04. The summed E-state index contributed by atoms with van der Waals surface area (Å²) in [6, 6.07) is 8.45. The molecule has 3 amide bonds. The van der Waals surface area contributed by atoms with Crippen LogP contribution in [0.4, 0.5) is 4.79 Å². The van der Waals surface area contributed by atoms with Crippen molar-refractivity contribution in [3.63, 3.8) is 0 Å². The van der Waals surface area contributed by atoms with E-state index < -0.39 is 0 Å². The number of amides is 3. The Balaban J connectivity index is 1.30. The summed E-state index contributed by atoms with van der Waals surface area (Å²) in [5, 5.41) is 8.59. The molecule has 2 fully saturated rings. The van der Waals surface area contributed by atoms with Crippen molar-refractivity contribution >= 4 is 11.9 Å². The lowest BCUT2D eigenvalue weighted by molar-refractivity contribution is -0.120. The second-order valence-corrected chi connectivity index (χ2v) is 8.95. The highest BCUT2D eigenvalue weighted by atomic mass is 16.2. The monoisotopic (exact) mass is 385 g/mol. The molecule has 0 heterocycles. The molecule has 1 aromatic carbocycles. The van der Waals surface area contributed by atoms with Crippen LogP contribution in [0.3, 0.4) is 0 Å². The van der Waals surface area contributed by atoms with Crippen LogP contribution in [0.5, 0.6) is 0 Å². The van der Waals surface area contributed by atoms with Crippen molar-refractivity contribution in [3.05, 3.63) is 35.4 Å². The van der Waals surface area contributed by atoms with E-state index in [9.17, 15) is 9.59 Å². The summed E-state index contributed by atoms with van der Waals surface area (Å²) < 4.78 is 0. The van der Waals surface area contributed by atoms with Crippen LogP contribution in [0.15, 0.2) is 24.3 Å². The zero-order valence-corrected chi connectivity index (χ0v) is 17.5. The zero-order chi connectivity index (χ0) is 20.1. The molecule has 3 rings (SSSR count). The van der Waals surface area contributed by atoms with Crippen LogP contribution in [-0.4, -0.2) is 31.1 Å². The van der Waals surface area contributed by atoms with Crippen LogP contribution in [0.25, 0.3) is 0 Å². The largest absolute Gasteiger partial charge is 0.354 e. The number of carbonyl (C=O) groups excluding carboxylic acids is 2. The van der Waals surface area contributed by atoms with Gasteiger partial charge in [-0.15, -0.1) is 0 Å². The molecule has 0 aliphatic heterocycles. The van der Waals surface area contributed by atoms with Crippen molar-refractivity contribution in [2.75, 3.05) is 13.1 Å². The van der Waals surface area contributed by atoms with Gasteiger partial charge in [0.2, 0.25) is 5.91 Å². The Morgan fingerprint density at radius 2 is 1.79 bits per heavy atom. The summed E-state index contributed by atoms with van der Waals surface area (Å²) >= 11 is 0. The third-order valence-corrected chi connectivity index (χ3v) is 6.59. The highest BCUT2D eigenvalue weighted by Gasteiger charge is 2.42. The first-order chi connectivity index (χ1) is 13.4. The quantitative estimate of drug-likeness (QED) is 0.640. The van der Waals surface area contributed by atoms with Gasteiger partial charge in [0.25, 0.3) is 0 Å². The maximum Gasteiger partial charge on any atom is 0.315 e. The Labute approximate surface area is 169 Å². The van der Waals surface area contributed by atoms with Gasteiger partial charge >= 0.3 is 6.03 Å². The van der Waals surface area contributed by atoms with Gasteiger partial charge in [0.05, 0.1) is 6.54 Å². The first-order valence-corrected chi connectivity index (χ1v) is 10.8. The van der Waals surface area contributed by atoms with E-state index in [2.05, 4.69) is 61.0 Å². The number of hydrogen-bond acceptors (Lipinski definition) is 2. The summed E-state index contributed by atoms with van der Waals surface area (Å²) in [5.41, 5.74) is 2.53. The van der Waals surface area contributed by atoms with Gasteiger partial charge in [-0.25, -0.2) is 4.79 Å². The van der Waals surface area contributed by atoms with Crippen LogP contribution >= 0.6 is 0 Å². The molecule has 2 aliphatic carbocycles. The van der Waals surface area contributed by atoms with E-state index in [1.807, 2.05) is 0 Å². The van der Waals surface area contributed by atoms with E-state index in [1.165, 1.54) is 36.8 Å². The molecule has 1 aromatic rings. The fraction of sp³-hybridized carbons (Fsp3) is 0.652. The average molecular weight is 386 g/mol. The number of carbonyl (C=O) groups is 2. The van der Waals surface area contributed by atoms with Gasteiger partial charge in [0, 0.05) is 12.6 Å². The molecule has 0 radical (unpaired) electrons. The summed E-state index contributed by atoms with van der Waals surface area (Å²) in [4.78, 5) is 24.1. The molecular formula is C23H35N3O2. The molecule has 2 aliphatic rings. The standard InChI is InChI=1S/C23H35N3O2/c1-15(2)19-7-4-17(5-8-19)10-11-24-22(27)14-25-23(28)26-16(3)21-13-18-6-9-20(21)12-18/h4-5,7-8,15-16,18,20-21H,6,9-14H2,1-3H3,(H,24,27)(H2,25,26,28)/t16-,18-,20-,21+/m0/s1. The van der Waals surface area contributed by atoms with Gasteiger partial charge in [-0.3, -0.25) is 4.79 Å². The van der Waals surface area contributed by atoms with Crippen LogP contribution in [0.1, 0.15) is 63.5 Å². The second kappa shape index (κ2) is 9.44. The third kappa shape index (κ3) is 5.49. The lowest BCUT2D eigenvalue weighted by Crippen LogP contribution is -2.47. The topological polar surface area (TPSA) is 70.2 Å². The normalized spacial score (nSPS) is 24.2. The van der Waals surface area contributed by atoms with Crippen molar-refractivity contribution in [1.82, 2.24) is 16.0 Å². The molecule has 2 saturated carbocycles. The van der Waals surface area contributed by atoms with Crippen LogP contribution in [0, 0.1) is 17.8 Å². The molecule has 5 heteroatoms. The molecule has 0 aromatic heterocycles. The molecule has 2 bridgehead atoms. The Kier molecular flexibility index (Phi) is 6.97. The molecule has 5 nitrogen and oxygen atoms in total. The predicted octanol–water partition coefficient (Wildman–Crippen LogP) is 3.59. The zero-order valence-electron chi connectivity index (χ0n) is 17.5. The first-order valence-electron chi connectivity index (χ1n) is 10.8. The molecule has 0 spiro atoms. The van der Waals surface area contributed by atoms with Crippen LogP contribution in [0.2, 0.25) is 0 Å². The van der Waals surface area contributed by atoms with Crippen molar-refractivity contribution in [1.29, 1.82) is 0 Å². The van der Waals surface area contributed by atoms with E-state index in [0.29, 0.717) is 18.4 Å². The van der Waals surface area contributed by atoms with Crippen molar-refractivity contribution in [3.8, 4) is 0 Å². The van der Waals surface area contributed by atoms with Gasteiger partial charge in [-0.1, -0.05) is 44.5 Å². The maximum absolute atomic E-state index is 12.1. The smallest absolute Gasteiger partial charge is 0.315 e. The van der Waals surface area contributed by atoms with Crippen molar-refractivity contribution in [2.24, 2.45) is 17.8 Å². The summed E-state index contributed by atoms with van der Waals surface area (Å²) in [6.45, 7) is 7.04. The number of benzene rings is 1. The summed E-state index contributed by atoms with van der Waals surface area (Å²) in [5.74, 6) is 2.62. The highest BCUT2D eigenvalue weighted by Crippen LogP contribution is 2.49. The SMILES string of the molecule is CC(C)c1ccc(CCNC(=O)CNC(=O)N[C@@H](C)[C@H]2C[C@H]3CC[C@H]2C3)cc1. The molecule has 0 unspecified atom stereocenters. The first kappa shape index (κ1) is 20.7. The second-order valence-electron chi connectivity index (χ2n) is 8.95. The lowest BCUT2D eigenvalue weighted by atomic mass is 9.84. The van der Waals surface area contributed by atoms with Crippen LogP contribution < -0.4 is 16.0 Å². The Bertz CT molecular complexity index is 671. The fourth-order valence-electron chi connectivity index (χ4n) is 4.91. The Morgan fingerprint density at radius 3 is 2.39 bits per heavy atom. The summed E-state index contributed by atoms with van der Waals surface area (Å²) in [6.07, 6.45) is 6.04. The van der Waals surface area contributed by atoms with E-state index >= 15 is 0 Å². The Morgan fingerprint density at radius 1 is 1.04 bits per heavy atom. The van der Waals surface area contributed by atoms with Gasteiger partial charge < -0.3 is 16.0 Å². The third-order valence-electron chi connectivity index (χ3n) is 6.59. The van der Waals surface area contributed by atoms with Crippen molar-refractivity contribution in [2.45, 2.75) is 64.8 Å². The molecular weight excluding hydrogens is 350 g/mol. The molecule has 3 N–H and O–H groups in total. The minimum Gasteiger partial charge on any atom is -0.354 e. The van der Waals surface area contributed by atoms with E-state index in [-0.39, 0.29) is 24.5 Å². The minimum atomic E-state index is -0.241. The summed E-state index contributed by atoms with van der Waals surface area (Å²) in [7, 11) is 0. The van der Waals surface area contributed by atoms with E-state index in [4.69, 9.17) is 0 Å². The number of fused-ring (bicyclic) bond motifs is 2. The number of hydrogen-bond donors (Lipinski definition) is 3. The fourth-order valence-corrected chi connectivity index (χ4v) is 4.91. The lowest BCUT2D eigenvalue weighted by Gasteiger charge is -2.28. The average Bonchev–Trinajstić information content (AvgIpc) is 3.30. The predicted molar refractivity (Wildman–Crippen MR) is 112 cm³/mol. The van der Waals surface area contributed by atoms with Crippen molar-refractivity contribution < 1.29 is 9.59 Å². The number of nitrogens with one attached hydrogen (secondary N) is 3.